The Labute approximate surface area is 201 Å². The van der Waals surface area contributed by atoms with Gasteiger partial charge in [-0.05, 0) is 37.1 Å². The molecule has 1 amide bonds. The fraction of sp³-hybridized carbons (Fsp3) is 0.320. The van der Waals surface area contributed by atoms with Crippen molar-refractivity contribution in [1.82, 2.24) is 0 Å². The summed E-state index contributed by atoms with van der Waals surface area (Å²) in [4.78, 5) is 39.7. The van der Waals surface area contributed by atoms with E-state index in [1.165, 1.54) is 44.4 Å². The van der Waals surface area contributed by atoms with Gasteiger partial charge in [0.2, 0.25) is 5.91 Å². The van der Waals surface area contributed by atoms with Crippen LogP contribution >= 0.6 is 11.6 Å². The summed E-state index contributed by atoms with van der Waals surface area (Å²) in [6.45, 7) is 0. The summed E-state index contributed by atoms with van der Waals surface area (Å²) in [6.07, 6.45) is 1.39. The zero-order valence-corrected chi connectivity index (χ0v) is 19.8. The van der Waals surface area contributed by atoms with Crippen LogP contribution in [0.3, 0.4) is 0 Å². The van der Waals surface area contributed by atoms with Gasteiger partial charge in [-0.1, -0.05) is 11.6 Å². The van der Waals surface area contributed by atoms with Crippen LogP contribution in [0.4, 0.5) is 5.69 Å². The van der Waals surface area contributed by atoms with Gasteiger partial charge in [0.25, 0.3) is 0 Å². The Morgan fingerprint density at radius 2 is 1.68 bits per heavy atom. The Morgan fingerprint density at radius 3 is 2.32 bits per heavy atom. The number of hydrogen-bond acceptors (Lipinski definition) is 6. The van der Waals surface area contributed by atoms with Crippen LogP contribution < -0.4 is 19.1 Å². The molecule has 9 heteroatoms. The average molecular weight is 486 g/mol. The summed E-state index contributed by atoms with van der Waals surface area (Å²) in [5, 5.41) is 9.66. The molecule has 0 bridgehead atoms. The maximum atomic E-state index is 13.5. The topological polar surface area (TPSA) is 102 Å². The van der Waals surface area contributed by atoms with E-state index in [1.807, 2.05) is 0 Å². The fourth-order valence-electron chi connectivity index (χ4n) is 4.68. The fourth-order valence-corrected chi connectivity index (χ4v) is 4.88. The number of carboxylic acid groups (broad SMARTS) is 1. The average Bonchev–Trinajstić information content (AvgIpc) is 2.83. The molecule has 1 aliphatic heterocycles. The molecule has 0 spiro atoms. The first-order valence-corrected chi connectivity index (χ1v) is 11.1. The molecule has 4 rings (SSSR count). The SMILES string of the molecule is COc1cc(OC)c(C2CC(=O)N(c3cc(C(=O)O)ccc3Cl)C3=C2C(=O)CCC3)cc1OC. The lowest BCUT2D eigenvalue weighted by molar-refractivity contribution is -0.119. The second-order valence-corrected chi connectivity index (χ2v) is 8.45. The van der Waals surface area contributed by atoms with Crippen LogP contribution in [0.2, 0.25) is 5.02 Å². The van der Waals surface area contributed by atoms with Crippen LogP contribution in [0.1, 0.15) is 47.5 Å². The van der Waals surface area contributed by atoms with Crippen LogP contribution in [-0.4, -0.2) is 44.1 Å². The molecule has 0 aromatic heterocycles. The number of benzene rings is 2. The molecule has 1 atom stereocenters. The van der Waals surface area contributed by atoms with Crippen molar-refractivity contribution in [3.05, 3.63) is 57.8 Å². The van der Waals surface area contributed by atoms with E-state index in [-0.39, 0.29) is 34.4 Å². The van der Waals surface area contributed by atoms with Crippen molar-refractivity contribution in [2.45, 2.75) is 31.6 Å². The van der Waals surface area contributed by atoms with Gasteiger partial charge >= 0.3 is 5.97 Å². The minimum absolute atomic E-state index is 0.000157. The van der Waals surface area contributed by atoms with Gasteiger partial charge in [-0.3, -0.25) is 14.5 Å². The lowest BCUT2D eigenvalue weighted by Crippen LogP contribution is -2.40. The molecule has 1 N–H and O–H groups in total. The zero-order chi connectivity index (χ0) is 24.6. The van der Waals surface area contributed by atoms with E-state index >= 15 is 0 Å². The Morgan fingerprint density at radius 1 is 1.00 bits per heavy atom. The molecule has 2 aliphatic rings. The van der Waals surface area contributed by atoms with E-state index in [4.69, 9.17) is 25.8 Å². The van der Waals surface area contributed by atoms with Gasteiger partial charge in [-0.15, -0.1) is 0 Å². The molecule has 1 aliphatic carbocycles. The quantitative estimate of drug-likeness (QED) is 0.638. The van der Waals surface area contributed by atoms with Gasteiger partial charge in [-0.25, -0.2) is 4.79 Å². The van der Waals surface area contributed by atoms with E-state index in [0.717, 1.165) is 0 Å². The second kappa shape index (κ2) is 9.38. The Balaban J connectivity index is 1.92. The summed E-state index contributed by atoms with van der Waals surface area (Å²) >= 11 is 6.40. The molecule has 1 heterocycles. The number of Topliss-reactive ketones (excluding diaryl/α,β-unsaturated/α-hetero) is 1. The van der Waals surface area contributed by atoms with E-state index in [0.29, 0.717) is 53.3 Å². The summed E-state index contributed by atoms with van der Waals surface area (Å²) in [5.41, 5.74) is 1.94. The number of allylic oxidation sites excluding steroid dienone is 2. The lowest BCUT2D eigenvalue weighted by atomic mass is 9.76. The molecule has 2 aromatic carbocycles. The van der Waals surface area contributed by atoms with Gasteiger partial charge in [-0.2, -0.15) is 0 Å². The third-order valence-electron chi connectivity index (χ3n) is 6.22. The summed E-state index contributed by atoms with van der Waals surface area (Å²) in [6, 6.07) is 7.59. The van der Waals surface area contributed by atoms with Crippen LogP contribution in [0.25, 0.3) is 0 Å². The smallest absolute Gasteiger partial charge is 0.335 e. The molecule has 0 saturated carbocycles. The molecule has 178 valence electrons. The first-order valence-electron chi connectivity index (χ1n) is 10.7. The van der Waals surface area contributed by atoms with Crippen LogP contribution in [0.5, 0.6) is 17.2 Å². The Bertz CT molecular complexity index is 1220. The van der Waals surface area contributed by atoms with Gasteiger partial charge in [0.1, 0.15) is 5.75 Å². The number of ether oxygens (including phenoxy) is 3. The summed E-state index contributed by atoms with van der Waals surface area (Å²) in [7, 11) is 4.53. The third-order valence-corrected chi connectivity index (χ3v) is 6.54. The number of ketones is 1. The number of nitrogens with zero attached hydrogens (tertiary/aromatic N) is 1. The number of halogens is 1. The van der Waals surface area contributed by atoms with Crippen molar-refractivity contribution in [2.24, 2.45) is 0 Å². The van der Waals surface area contributed by atoms with Crippen molar-refractivity contribution in [3.8, 4) is 17.2 Å². The monoisotopic (exact) mass is 485 g/mol. The zero-order valence-electron chi connectivity index (χ0n) is 19.0. The van der Waals surface area contributed by atoms with Gasteiger partial charge in [0, 0.05) is 41.7 Å². The minimum atomic E-state index is -1.13. The number of methoxy groups -OCH3 is 3. The molecule has 8 nitrogen and oxygen atoms in total. The van der Waals surface area contributed by atoms with Crippen molar-refractivity contribution >= 4 is 34.9 Å². The predicted molar refractivity (Wildman–Crippen MR) is 125 cm³/mol. The molecule has 34 heavy (non-hydrogen) atoms. The molecular weight excluding hydrogens is 462 g/mol. The maximum Gasteiger partial charge on any atom is 0.335 e. The molecular formula is C25H24ClNO7. The maximum absolute atomic E-state index is 13.5. The summed E-state index contributed by atoms with van der Waals surface area (Å²) in [5.74, 6) is -0.651. The highest BCUT2D eigenvalue weighted by molar-refractivity contribution is 6.34. The van der Waals surface area contributed by atoms with Crippen LogP contribution in [-0.2, 0) is 9.59 Å². The van der Waals surface area contributed by atoms with E-state index in [9.17, 15) is 19.5 Å². The molecule has 0 saturated heterocycles. The van der Waals surface area contributed by atoms with E-state index < -0.39 is 11.9 Å². The van der Waals surface area contributed by atoms with Crippen molar-refractivity contribution in [3.63, 3.8) is 0 Å². The van der Waals surface area contributed by atoms with E-state index in [2.05, 4.69) is 0 Å². The second-order valence-electron chi connectivity index (χ2n) is 8.04. The Kier molecular flexibility index (Phi) is 6.52. The highest BCUT2D eigenvalue weighted by Crippen LogP contribution is 2.48. The molecule has 2 aromatic rings. The van der Waals surface area contributed by atoms with Crippen molar-refractivity contribution < 1.29 is 33.7 Å². The van der Waals surface area contributed by atoms with E-state index in [1.54, 1.807) is 12.1 Å². The highest BCUT2D eigenvalue weighted by Gasteiger charge is 2.41. The van der Waals surface area contributed by atoms with Crippen LogP contribution in [0, 0.1) is 0 Å². The normalized spacial score (nSPS) is 18.0. The van der Waals surface area contributed by atoms with Crippen molar-refractivity contribution in [1.29, 1.82) is 0 Å². The van der Waals surface area contributed by atoms with Gasteiger partial charge < -0.3 is 19.3 Å². The number of rotatable bonds is 6. The number of carbonyl (C=O) groups is 3. The minimum Gasteiger partial charge on any atom is -0.496 e. The summed E-state index contributed by atoms with van der Waals surface area (Å²) < 4.78 is 16.4. The number of hydrogen-bond donors (Lipinski definition) is 1. The number of anilines is 1. The van der Waals surface area contributed by atoms with Gasteiger partial charge in [0.05, 0.1) is 37.6 Å². The first-order chi connectivity index (χ1) is 16.3. The number of amides is 1. The highest BCUT2D eigenvalue weighted by atomic mass is 35.5. The molecule has 1 unspecified atom stereocenters. The third kappa shape index (κ3) is 3.98. The lowest BCUT2D eigenvalue weighted by Gasteiger charge is -2.39. The van der Waals surface area contributed by atoms with Crippen LogP contribution in [0.15, 0.2) is 41.6 Å². The number of carbonyl (C=O) groups excluding carboxylic acids is 2. The largest absolute Gasteiger partial charge is 0.496 e. The van der Waals surface area contributed by atoms with Gasteiger partial charge in [0.15, 0.2) is 17.3 Å². The first kappa shape index (κ1) is 23.6. The van der Waals surface area contributed by atoms with Crippen molar-refractivity contribution in [2.75, 3.05) is 26.2 Å². The molecule has 0 fully saturated rings. The number of carboxylic acids is 1. The Hall–Kier alpha value is -3.52. The molecule has 0 radical (unpaired) electrons. The predicted octanol–water partition coefficient (Wildman–Crippen LogP) is 4.59. The standard InChI is InChI=1S/C25H24ClNO7/c1-32-20-12-22(34-3)21(33-2)10-14(20)15-11-23(29)27(17-5-4-6-19(28)24(15)17)18-9-13(25(30)31)7-8-16(18)26/h7-10,12,15H,4-6,11H2,1-3H3,(H,30,31). The number of aromatic carboxylic acids is 1.